The van der Waals surface area contributed by atoms with E-state index in [2.05, 4.69) is 0 Å². The van der Waals surface area contributed by atoms with Gasteiger partial charge < -0.3 is 5.11 Å². The van der Waals surface area contributed by atoms with Gasteiger partial charge in [-0.3, -0.25) is 9.59 Å². The van der Waals surface area contributed by atoms with E-state index in [9.17, 15) is 9.59 Å². The van der Waals surface area contributed by atoms with Gasteiger partial charge in [-0.05, 0) is 49.3 Å². The van der Waals surface area contributed by atoms with Gasteiger partial charge in [0.15, 0.2) is 0 Å². The second kappa shape index (κ2) is 6.20. The summed E-state index contributed by atoms with van der Waals surface area (Å²) in [6.07, 6.45) is 3.13. The van der Waals surface area contributed by atoms with Crippen LogP contribution in [0.2, 0.25) is 5.02 Å². The predicted octanol–water partition coefficient (Wildman–Crippen LogP) is 3.66. The molecule has 0 heterocycles. The lowest BCUT2D eigenvalue weighted by Crippen LogP contribution is -2.23. The Balaban J connectivity index is 1.90. The summed E-state index contributed by atoms with van der Waals surface area (Å²) in [6, 6.07) is 7.84. The largest absolute Gasteiger partial charge is 0.481 e. The minimum absolute atomic E-state index is 0.0698. The Morgan fingerprint density at radius 2 is 1.68 bits per heavy atom. The summed E-state index contributed by atoms with van der Waals surface area (Å²) < 4.78 is 0. The van der Waals surface area contributed by atoms with Crippen molar-refractivity contribution in [3.63, 3.8) is 0 Å². The average Bonchev–Trinajstić information content (AvgIpc) is 2.39. The highest BCUT2D eigenvalue weighted by molar-refractivity contribution is 6.30. The minimum Gasteiger partial charge on any atom is -0.481 e. The number of rotatable bonds is 4. The lowest BCUT2D eigenvalue weighted by atomic mass is 9.77. The summed E-state index contributed by atoms with van der Waals surface area (Å²) in [5.74, 6) is -0.752. The van der Waals surface area contributed by atoms with Gasteiger partial charge in [0, 0.05) is 10.9 Å². The van der Waals surface area contributed by atoms with E-state index in [1.54, 1.807) is 0 Å². The minimum atomic E-state index is -1.02. The fraction of sp³-hybridized carbons (Fsp3) is 0.467. The number of carboxylic acid groups (broad SMARTS) is 1. The Morgan fingerprint density at radius 1 is 1.11 bits per heavy atom. The highest BCUT2D eigenvalue weighted by Crippen LogP contribution is 2.36. The Labute approximate surface area is 117 Å². The maximum Gasteiger partial charge on any atom is 0.310 e. The van der Waals surface area contributed by atoms with Crippen molar-refractivity contribution in [3.8, 4) is 0 Å². The van der Waals surface area contributed by atoms with Crippen molar-refractivity contribution in [2.75, 3.05) is 0 Å². The van der Waals surface area contributed by atoms with Gasteiger partial charge in [0.2, 0.25) is 0 Å². The van der Waals surface area contributed by atoms with Crippen LogP contribution >= 0.6 is 11.6 Å². The smallest absolute Gasteiger partial charge is 0.310 e. The van der Waals surface area contributed by atoms with Gasteiger partial charge in [-0.1, -0.05) is 23.7 Å². The first-order valence-corrected chi connectivity index (χ1v) is 6.94. The number of hydrogen-bond donors (Lipinski definition) is 1. The van der Waals surface area contributed by atoms with Crippen molar-refractivity contribution in [2.45, 2.75) is 38.0 Å². The summed E-state index contributed by atoms with van der Waals surface area (Å²) >= 11 is 5.86. The molecule has 0 spiro atoms. The number of aliphatic carboxylic acids is 1. The molecule has 0 amide bonds. The molecule has 1 aromatic rings. The van der Waals surface area contributed by atoms with Crippen LogP contribution in [0, 0.1) is 5.92 Å². The number of carboxylic acids is 1. The number of carbonyl (C=O) groups excluding carboxylic acids is 1. The third-order valence-electron chi connectivity index (χ3n) is 3.85. The zero-order valence-corrected chi connectivity index (χ0v) is 11.4. The molecular formula is C15H17ClO3. The van der Waals surface area contributed by atoms with Crippen molar-refractivity contribution in [1.29, 1.82) is 0 Å². The Hall–Kier alpha value is -1.35. The molecule has 1 aromatic carbocycles. The van der Waals surface area contributed by atoms with Crippen molar-refractivity contribution in [3.05, 3.63) is 34.9 Å². The summed E-state index contributed by atoms with van der Waals surface area (Å²) in [5, 5.41) is 9.37. The first kappa shape index (κ1) is 14.1. The molecule has 3 nitrogen and oxygen atoms in total. The maximum atomic E-state index is 11.7. The van der Waals surface area contributed by atoms with Gasteiger partial charge in [-0.15, -0.1) is 0 Å². The molecule has 1 aliphatic rings. The molecule has 0 radical (unpaired) electrons. The second-order valence-electron chi connectivity index (χ2n) is 5.14. The van der Waals surface area contributed by atoms with E-state index in [1.807, 2.05) is 24.3 Å². The monoisotopic (exact) mass is 280 g/mol. The van der Waals surface area contributed by atoms with Crippen molar-refractivity contribution in [1.82, 2.24) is 0 Å². The summed E-state index contributed by atoms with van der Waals surface area (Å²) in [5.41, 5.74) is 1.26. The molecule has 1 fully saturated rings. The number of carbonyl (C=O) groups is 2. The molecule has 102 valence electrons. The highest BCUT2D eigenvalue weighted by Gasteiger charge is 2.27. The number of benzene rings is 1. The zero-order valence-electron chi connectivity index (χ0n) is 10.6. The summed E-state index contributed by atoms with van der Waals surface area (Å²) in [6.45, 7) is 0. The molecular weight excluding hydrogens is 264 g/mol. The van der Waals surface area contributed by atoms with Crippen LogP contribution in [0.1, 0.15) is 43.6 Å². The van der Waals surface area contributed by atoms with Gasteiger partial charge >= 0.3 is 5.97 Å². The number of Topliss-reactive ketones (excluding diaryl/α,β-unsaturated/α-hetero) is 1. The van der Waals surface area contributed by atoms with E-state index in [0.29, 0.717) is 5.92 Å². The molecule has 1 aliphatic carbocycles. The lowest BCUT2D eigenvalue weighted by Gasteiger charge is -2.27. The van der Waals surface area contributed by atoms with Crippen LogP contribution in [0.4, 0.5) is 0 Å². The van der Waals surface area contributed by atoms with Crippen molar-refractivity contribution >= 4 is 23.4 Å². The van der Waals surface area contributed by atoms with Crippen LogP contribution < -0.4 is 0 Å². The molecule has 0 unspecified atom stereocenters. The standard InChI is InChI=1S/C15H17ClO3/c16-13-7-5-11(6-8-13)10-1-3-12(4-2-10)14(17)9-15(18)19/h5-8,10,12H,1-4,9H2,(H,18,19). The van der Waals surface area contributed by atoms with Gasteiger partial charge in [0.05, 0.1) is 0 Å². The molecule has 0 atom stereocenters. The molecule has 4 heteroatoms. The quantitative estimate of drug-likeness (QED) is 0.857. The Bertz CT molecular complexity index is 459. The number of ketones is 1. The van der Waals surface area contributed by atoms with E-state index in [0.717, 1.165) is 30.7 Å². The maximum absolute atomic E-state index is 11.7. The molecule has 0 aliphatic heterocycles. The van der Waals surface area contributed by atoms with Gasteiger partial charge in [-0.25, -0.2) is 0 Å². The van der Waals surface area contributed by atoms with E-state index < -0.39 is 5.97 Å². The molecule has 1 N–H and O–H groups in total. The molecule has 19 heavy (non-hydrogen) atoms. The van der Waals surface area contributed by atoms with Crippen LogP contribution in [-0.2, 0) is 9.59 Å². The first-order chi connectivity index (χ1) is 9.06. The second-order valence-corrected chi connectivity index (χ2v) is 5.57. The van der Waals surface area contributed by atoms with E-state index in [4.69, 9.17) is 16.7 Å². The molecule has 1 saturated carbocycles. The van der Waals surface area contributed by atoms with Crippen LogP contribution in [0.25, 0.3) is 0 Å². The molecule has 0 aromatic heterocycles. The van der Waals surface area contributed by atoms with E-state index in [-0.39, 0.29) is 18.1 Å². The predicted molar refractivity (Wildman–Crippen MR) is 73.4 cm³/mol. The van der Waals surface area contributed by atoms with Crippen molar-refractivity contribution < 1.29 is 14.7 Å². The highest BCUT2D eigenvalue weighted by atomic mass is 35.5. The van der Waals surface area contributed by atoms with Gasteiger partial charge in [0.25, 0.3) is 0 Å². The number of hydrogen-bond acceptors (Lipinski definition) is 2. The Kier molecular flexibility index (Phi) is 4.59. The van der Waals surface area contributed by atoms with Crippen molar-refractivity contribution in [2.24, 2.45) is 5.92 Å². The summed E-state index contributed by atoms with van der Waals surface area (Å²) in [7, 11) is 0. The van der Waals surface area contributed by atoms with E-state index >= 15 is 0 Å². The fourth-order valence-corrected chi connectivity index (χ4v) is 2.90. The fourth-order valence-electron chi connectivity index (χ4n) is 2.78. The lowest BCUT2D eigenvalue weighted by molar-refractivity contribution is -0.141. The topological polar surface area (TPSA) is 54.4 Å². The summed E-state index contributed by atoms with van der Waals surface area (Å²) in [4.78, 5) is 22.2. The normalized spacial score (nSPS) is 23.0. The molecule has 0 saturated heterocycles. The van der Waals surface area contributed by atoms with E-state index in [1.165, 1.54) is 5.56 Å². The number of halogens is 1. The third kappa shape index (κ3) is 3.80. The Morgan fingerprint density at radius 3 is 2.21 bits per heavy atom. The van der Waals surface area contributed by atoms with Gasteiger partial charge in [-0.2, -0.15) is 0 Å². The van der Waals surface area contributed by atoms with Crippen LogP contribution in [0.15, 0.2) is 24.3 Å². The molecule has 0 bridgehead atoms. The van der Waals surface area contributed by atoms with Crippen LogP contribution in [0.5, 0.6) is 0 Å². The first-order valence-electron chi connectivity index (χ1n) is 6.56. The zero-order chi connectivity index (χ0) is 13.8. The third-order valence-corrected chi connectivity index (χ3v) is 4.10. The molecule has 2 rings (SSSR count). The SMILES string of the molecule is O=C(O)CC(=O)C1CCC(c2ccc(Cl)cc2)CC1. The van der Waals surface area contributed by atoms with Gasteiger partial charge in [0.1, 0.15) is 12.2 Å². The average molecular weight is 281 g/mol. The van der Waals surface area contributed by atoms with Crippen LogP contribution in [-0.4, -0.2) is 16.9 Å². The van der Waals surface area contributed by atoms with Crippen LogP contribution in [0.3, 0.4) is 0 Å².